The molecule has 0 saturated carbocycles. The van der Waals surface area contributed by atoms with Crippen LogP contribution in [0.15, 0.2) is 35.7 Å². The van der Waals surface area contributed by atoms with Crippen LogP contribution in [0.1, 0.15) is 32.8 Å². The molecule has 2 rings (SSSR count). The van der Waals surface area contributed by atoms with Crippen molar-refractivity contribution in [2.45, 2.75) is 32.7 Å². The van der Waals surface area contributed by atoms with Gasteiger partial charge >= 0.3 is 0 Å². The lowest BCUT2D eigenvalue weighted by molar-refractivity contribution is -0.123. The van der Waals surface area contributed by atoms with Gasteiger partial charge in [0.05, 0.1) is 6.54 Å². The molecule has 1 aromatic carbocycles. The second-order valence-electron chi connectivity index (χ2n) is 7.59. The normalized spacial score (nSPS) is 18.0. The minimum Gasteiger partial charge on any atom is -0.350 e. The Morgan fingerprint density at radius 3 is 2.46 bits per heavy atom. The average Bonchev–Trinajstić information content (AvgIpc) is 2.78. The molecule has 1 heterocycles. The van der Waals surface area contributed by atoms with E-state index in [1.165, 1.54) is 9.71 Å². The highest BCUT2D eigenvalue weighted by atomic mass is 32.2. The van der Waals surface area contributed by atoms with Gasteiger partial charge in [0.2, 0.25) is 15.9 Å². The fourth-order valence-electron chi connectivity index (χ4n) is 2.84. The van der Waals surface area contributed by atoms with Crippen LogP contribution in [0.2, 0.25) is 0 Å². The lowest BCUT2D eigenvalue weighted by atomic mass is 10.1. The first kappa shape index (κ1) is 20.6. The number of sulfonamides is 1. The predicted molar refractivity (Wildman–Crippen MR) is 105 cm³/mol. The molecule has 0 aliphatic carbocycles. The number of carbonyl (C=O) groups is 1. The number of carbonyl (C=O) groups excluding carboxylic acids is 1. The fourth-order valence-corrected chi connectivity index (χ4v) is 4.06. The van der Waals surface area contributed by atoms with Gasteiger partial charge in [-0.25, -0.2) is 8.42 Å². The van der Waals surface area contributed by atoms with Gasteiger partial charge in [0.25, 0.3) is 0 Å². The summed E-state index contributed by atoms with van der Waals surface area (Å²) < 4.78 is 26.6. The number of amides is 1. The Morgan fingerprint density at radius 2 is 1.81 bits per heavy atom. The van der Waals surface area contributed by atoms with Crippen LogP contribution in [0.3, 0.4) is 0 Å². The number of nitrogens with zero attached hydrogens (tertiary/aromatic N) is 2. The molecule has 26 heavy (non-hydrogen) atoms. The SMILES string of the molecule is CC(C)(C)NC(=O)CN1CCCN(S(=O)(=O)/C=C/c2ccccc2)CC1. The molecule has 0 atom stereocenters. The standard InChI is InChI=1S/C19H29N3O3S/c1-19(2,3)20-18(23)16-21-11-7-12-22(14-13-21)26(24,25)15-10-17-8-5-4-6-9-17/h4-6,8-10,15H,7,11-14,16H2,1-3H3,(H,20,23)/b15-10+. The smallest absolute Gasteiger partial charge is 0.236 e. The molecule has 1 N–H and O–H groups in total. The summed E-state index contributed by atoms with van der Waals surface area (Å²) in [5, 5.41) is 4.21. The van der Waals surface area contributed by atoms with Crippen molar-refractivity contribution in [1.82, 2.24) is 14.5 Å². The van der Waals surface area contributed by atoms with E-state index in [1.54, 1.807) is 6.08 Å². The molecule has 0 spiro atoms. The minimum absolute atomic E-state index is 0.0298. The molecule has 6 nitrogen and oxygen atoms in total. The number of rotatable bonds is 5. The van der Waals surface area contributed by atoms with Crippen LogP contribution in [-0.2, 0) is 14.8 Å². The van der Waals surface area contributed by atoms with Gasteiger partial charge in [-0.05, 0) is 45.4 Å². The largest absolute Gasteiger partial charge is 0.350 e. The third-order valence-electron chi connectivity index (χ3n) is 4.02. The zero-order valence-corrected chi connectivity index (χ0v) is 16.6. The summed E-state index contributed by atoms with van der Waals surface area (Å²) in [5.74, 6) is -0.0298. The van der Waals surface area contributed by atoms with Crippen LogP contribution < -0.4 is 5.32 Å². The Balaban J connectivity index is 1.93. The van der Waals surface area contributed by atoms with Gasteiger partial charge in [0.15, 0.2) is 0 Å². The molecule has 1 saturated heterocycles. The number of benzene rings is 1. The van der Waals surface area contributed by atoms with E-state index < -0.39 is 10.0 Å². The zero-order chi connectivity index (χ0) is 19.2. The summed E-state index contributed by atoms with van der Waals surface area (Å²) in [6.45, 7) is 8.26. The highest BCUT2D eigenvalue weighted by Gasteiger charge is 2.24. The lowest BCUT2D eigenvalue weighted by Crippen LogP contribution is -2.46. The molecule has 1 amide bonds. The highest BCUT2D eigenvalue weighted by molar-refractivity contribution is 7.92. The van der Waals surface area contributed by atoms with E-state index in [0.29, 0.717) is 39.1 Å². The van der Waals surface area contributed by atoms with Crippen LogP contribution in [0.25, 0.3) is 6.08 Å². The third kappa shape index (κ3) is 6.90. The Labute approximate surface area is 156 Å². The molecule has 0 bridgehead atoms. The predicted octanol–water partition coefficient (Wildman–Crippen LogP) is 1.91. The molecular weight excluding hydrogens is 350 g/mol. The van der Waals surface area contributed by atoms with Crippen molar-refractivity contribution in [2.24, 2.45) is 0 Å². The van der Waals surface area contributed by atoms with Crippen molar-refractivity contribution < 1.29 is 13.2 Å². The maximum Gasteiger partial charge on any atom is 0.236 e. The molecular formula is C19H29N3O3S. The molecule has 0 aromatic heterocycles. The van der Waals surface area contributed by atoms with Crippen molar-refractivity contribution >= 4 is 22.0 Å². The summed E-state index contributed by atoms with van der Waals surface area (Å²) in [7, 11) is -3.46. The summed E-state index contributed by atoms with van der Waals surface area (Å²) >= 11 is 0. The molecule has 7 heteroatoms. The summed E-state index contributed by atoms with van der Waals surface area (Å²) in [6, 6.07) is 9.37. The van der Waals surface area contributed by atoms with Gasteiger partial charge in [-0.2, -0.15) is 4.31 Å². The monoisotopic (exact) mass is 379 g/mol. The van der Waals surface area contributed by atoms with Crippen LogP contribution in [0, 0.1) is 0 Å². The first-order valence-electron chi connectivity index (χ1n) is 8.92. The quantitative estimate of drug-likeness (QED) is 0.848. The van der Waals surface area contributed by atoms with Crippen LogP contribution in [0.4, 0.5) is 0 Å². The molecule has 1 aliphatic heterocycles. The van der Waals surface area contributed by atoms with Gasteiger partial charge in [-0.15, -0.1) is 0 Å². The second kappa shape index (κ2) is 8.79. The van der Waals surface area contributed by atoms with E-state index >= 15 is 0 Å². The van der Waals surface area contributed by atoms with E-state index in [2.05, 4.69) is 5.32 Å². The van der Waals surface area contributed by atoms with Gasteiger partial charge in [0, 0.05) is 30.6 Å². The Hall–Kier alpha value is -1.70. The van der Waals surface area contributed by atoms with Crippen molar-refractivity contribution in [3.05, 3.63) is 41.3 Å². The van der Waals surface area contributed by atoms with E-state index in [-0.39, 0.29) is 11.4 Å². The topological polar surface area (TPSA) is 69.7 Å². The summed E-state index contributed by atoms with van der Waals surface area (Å²) in [6.07, 6.45) is 2.33. The maximum absolute atomic E-state index is 12.6. The summed E-state index contributed by atoms with van der Waals surface area (Å²) in [4.78, 5) is 14.1. The van der Waals surface area contributed by atoms with Crippen molar-refractivity contribution in [3.63, 3.8) is 0 Å². The average molecular weight is 380 g/mol. The molecule has 0 unspecified atom stereocenters. The molecule has 0 radical (unpaired) electrons. The van der Waals surface area contributed by atoms with Crippen LogP contribution >= 0.6 is 0 Å². The van der Waals surface area contributed by atoms with Gasteiger partial charge in [-0.1, -0.05) is 30.3 Å². The van der Waals surface area contributed by atoms with Gasteiger partial charge < -0.3 is 5.32 Å². The van der Waals surface area contributed by atoms with Crippen LogP contribution in [-0.4, -0.2) is 61.8 Å². The highest BCUT2D eigenvalue weighted by Crippen LogP contribution is 2.12. The molecule has 144 valence electrons. The fraction of sp³-hybridized carbons (Fsp3) is 0.526. The second-order valence-corrected chi connectivity index (χ2v) is 9.40. The number of hydrogen-bond acceptors (Lipinski definition) is 4. The molecule has 1 aliphatic rings. The third-order valence-corrected chi connectivity index (χ3v) is 5.59. The van der Waals surface area contributed by atoms with E-state index in [9.17, 15) is 13.2 Å². The maximum atomic E-state index is 12.6. The van der Waals surface area contributed by atoms with Crippen molar-refractivity contribution in [2.75, 3.05) is 32.7 Å². The van der Waals surface area contributed by atoms with Crippen LogP contribution in [0.5, 0.6) is 0 Å². The van der Waals surface area contributed by atoms with Crippen molar-refractivity contribution in [1.29, 1.82) is 0 Å². The van der Waals surface area contributed by atoms with E-state index in [0.717, 1.165) is 5.56 Å². The summed E-state index contributed by atoms with van der Waals surface area (Å²) in [5.41, 5.74) is 0.590. The Kier molecular flexibility index (Phi) is 6.97. The zero-order valence-electron chi connectivity index (χ0n) is 15.8. The Bertz CT molecular complexity index is 724. The first-order valence-corrected chi connectivity index (χ1v) is 10.4. The molecule has 1 fully saturated rings. The van der Waals surface area contributed by atoms with E-state index in [1.807, 2.05) is 56.0 Å². The van der Waals surface area contributed by atoms with E-state index in [4.69, 9.17) is 0 Å². The van der Waals surface area contributed by atoms with Gasteiger partial charge in [0.1, 0.15) is 0 Å². The minimum atomic E-state index is -3.46. The lowest BCUT2D eigenvalue weighted by Gasteiger charge is -2.24. The molecule has 1 aromatic rings. The number of nitrogens with one attached hydrogen (secondary N) is 1. The van der Waals surface area contributed by atoms with Gasteiger partial charge in [-0.3, -0.25) is 9.69 Å². The Morgan fingerprint density at radius 1 is 1.12 bits per heavy atom. The number of hydrogen-bond donors (Lipinski definition) is 1. The van der Waals surface area contributed by atoms with Crippen molar-refractivity contribution in [3.8, 4) is 0 Å². The first-order chi connectivity index (χ1) is 12.2.